The highest BCUT2D eigenvalue weighted by molar-refractivity contribution is 5.69. The molecule has 0 bridgehead atoms. The SMILES string of the molecule is COc1cccc(/C=C/c2ccn(C(C)CN)c(=O)c2)c1. The Bertz CT molecular complexity index is 689. The van der Waals surface area contributed by atoms with Gasteiger partial charge in [0.25, 0.3) is 5.56 Å². The van der Waals surface area contributed by atoms with Crippen molar-refractivity contribution in [2.75, 3.05) is 13.7 Å². The number of ether oxygens (including phenoxy) is 1. The Morgan fingerprint density at radius 3 is 2.57 bits per heavy atom. The third-order valence-electron chi connectivity index (χ3n) is 3.35. The molecular formula is C17H20N2O2. The van der Waals surface area contributed by atoms with Gasteiger partial charge in [-0.2, -0.15) is 0 Å². The molecule has 2 rings (SSSR count). The highest BCUT2D eigenvalue weighted by Crippen LogP contribution is 2.15. The van der Waals surface area contributed by atoms with Crippen LogP contribution in [0.2, 0.25) is 0 Å². The van der Waals surface area contributed by atoms with Crippen molar-refractivity contribution in [1.29, 1.82) is 0 Å². The molecule has 0 radical (unpaired) electrons. The Hall–Kier alpha value is -2.33. The number of methoxy groups -OCH3 is 1. The fourth-order valence-electron chi connectivity index (χ4n) is 2.02. The van der Waals surface area contributed by atoms with Crippen molar-refractivity contribution in [3.8, 4) is 5.75 Å². The van der Waals surface area contributed by atoms with Crippen LogP contribution in [0.4, 0.5) is 0 Å². The van der Waals surface area contributed by atoms with Crippen LogP contribution in [0.5, 0.6) is 5.75 Å². The molecule has 0 spiro atoms. The van der Waals surface area contributed by atoms with E-state index in [2.05, 4.69) is 0 Å². The molecule has 0 saturated carbocycles. The van der Waals surface area contributed by atoms with Crippen molar-refractivity contribution in [3.05, 3.63) is 64.1 Å². The zero-order valence-electron chi connectivity index (χ0n) is 12.3. The molecule has 1 aromatic carbocycles. The summed E-state index contributed by atoms with van der Waals surface area (Å²) >= 11 is 0. The number of aromatic nitrogens is 1. The predicted molar refractivity (Wildman–Crippen MR) is 86.4 cm³/mol. The minimum atomic E-state index is -0.0410. The molecule has 2 aromatic rings. The fourth-order valence-corrected chi connectivity index (χ4v) is 2.02. The van der Waals surface area contributed by atoms with Crippen LogP contribution in [0.15, 0.2) is 47.4 Å². The summed E-state index contributed by atoms with van der Waals surface area (Å²) in [6.45, 7) is 2.37. The average molecular weight is 284 g/mol. The van der Waals surface area contributed by atoms with E-state index in [1.807, 2.05) is 49.4 Å². The van der Waals surface area contributed by atoms with E-state index in [-0.39, 0.29) is 11.6 Å². The summed E-state index contributed by atoms with van der Waals surface area (Å²) in [5, 5.41) is 0. The van der Waals surface area contributed by atoms with Crippen molar-refractivity contribution in [2.45, 2.75) is 13.0 Å². The molecular weight excluding hydrogens is 264 g/mol. The van der Waals surface area contributed by atoms with E-state index in [1.165, 1.54) is 0 Å². The van der Waals surface area contributed by atoms with Crippen LogP contribution in [-0.2, 0) is 0 Å². The van der Waals surface area contributed by atoms with Gasteiger partial charge in [-0.05, 0) is 36.2 Å². The van der Waals surface area contributed by atoms with Crippen LogP contribution >= 0.6 is 0 Å². The van der Waals surface area contributed by atoms with Gasteiger partial charge in [-0.3, -0.25) is 4.79 Å². The van der Waals surface area contributed by atoms with Crippen LogP contribution < -0.4 is 16.0 Å². The van der Waals surface area contributed by atoms with Crippen LogP contribution in [-0.4, -0.2) is 18.2 Å². The molecule has 21 heavy (non-hydrogen) atoms. The first-order valence-electron chi connectivity index (χ1n) is 6.88. The number of rotatable bonds is 5. The van der Waals surface area contributed by atoms with E-state index in [0.29, 0.717) is 6.54 Å². The highest BCUT2D eigenvalue weighted by Gasteiger charge is 2.03. The molecule has 1 atom stereocenters. The molecule has 1 heterocycles. The molecule has 0 aliphatic carbocycles. The molecule has 1 unspecified atom stereocenters. The van der Waals surface area contributed by atoms with Crippen LogP contribution in [0.1, 0.15) is 24.1 Å². The Morgan fingerprint density at radius 1 is 1.24 bits per heavy atom. The van der Waals surface area contributed by atoms with E-state index >= 15 is 0 Å². The summed E-state index contributed by atoms with van der Waals surface area (Å²) in [5.41, 5.74) is 7.43. The lowest BCUT2D eigenvalue weighted by molar-refractivity contribution is 0.414. The van der Waals surface area contributed by atoms with Crippen LogP contribution in [0, 0.1) is 0 Å². The highest BCUT2D eigenvalue weighted by atomic mass is 16.5. The first-order chi connectivity index (χ1) is 10.1. The summed E-state index contributed by atoms with van der Waals surface area (Å²) < 4.78 is 6.82. The standard InChI is InChI=1S/C17H20N2O2/c1-13(12-18)19-9-8-15(11-17(19)20)7-6-14-4-3-5-16(10-14)21-2/h3-11,13H,12,18H2,1-2H3/b7-6+. The maximum absolute atomic E-state index is 12.0. The van der Waals surface area contributed by atoms with Gasteiger partial charge in [0, 0.05) is 24.8 Å². The van der Waals surface area contributed by atoms with E-state index in [0.717, 1.165) is 16.9 Å². The van der Waals surface area contributed by atoms with Crippen molar-refractivity contribution < 1.29 is 4.74 Å². The second-order valence-corrected chi connectivity index (χ2v) is 4.90. The summed E-state index contributed by atoms with van der Waals surface area (Å²) in [7, 11) is 1.64. The number of pyridine rings is 1. The second kappa shape index (κ2) is 6.90. The second-order valence-electron chi connectivity index (χ2n) is 4.90. The third-order valence-corrected chi connectivity index (χ3v) is 3.35. The fraction of sp³-hybridized carbons (Fsp3) is 0.235. The maximum atomic E-state index is 12.0. The Labute approximate surface area is 124 Å². The molecule has 0 fully saturated rings. The van der Waals surface area contributed by atoms with Gasteiger partial charge in [0.1, 0.15) is 5.75 Å². The summed E-state index contributed by atoms with van der Waals surface area (Å²) in [5.74, 6) is 0.810. The molecule has 0 saturated heterocycles. The Balaban J connectivity index is 2.21. The number of benzene rings is 1. The average Bonchev–Trinajstić information content (AvgIpc) is 2.52. The van der Waals surface area contributed by atoms with Crippen molar-refractivity contribution in [1.82, 2.24) is 4.57 Å². The van der Waals surface area contributed by atoms with Crippen molar-refractivity contribution in [3.63, 3.8) is 0 Å². The molecule has 1 aromatic heterocycles. The minimum absolute atomic E-state index is 0.00825. The number of nitrogens with zero attached hydrogens (tertiary/aromatic N) is 1. The van der Waals surface area contributed by atoms with Gasteiger partial charge in [-0.1, -0.05) is 24.3 Å². The molecule has 0 aliphatic rings. The molecule has 0 amide bonds. The quantitative estimate of drug-likeness (QED) is 0.918. The monoisotopic (exact) mass is 284 g/mol. The molecule has 0 aliphatic heterocycles. The van der Waals surface area contributed by atoms with Crippen LogP contribution in [0.25, 0.3) is 12.2 Å². The van der Waals surface area contributed by atoms with Gasteiger partial charge in [0.2, 0.25) is 0 Å². The van der Waals surface area contributed by atoms with E-state index in [4.69, 9.17) is 10.5 Å². The van der Waals surface area contributed by atoms with Crippen molar-refractivity contribution >= 4 is 12.2 Å². The molecule has 110 valence electrons. The minimum Gasteiger partial charge on any atom is -0.497 e. The van der Waals surface area contributed by atoms with Gasteiger partial charge >= 0.3 is 0 Å². The number of hydrogen-bond acceptors (Lipinski definition) is 3. The maximum Gasteiger partial charge on any atom is 0.251 e. The van der Waals surface area contributed by atoms with Gasteiger partial charge < -0.3 is 15.0 Å². The van der Waals surface area contributed by atoms with Crippen LogP contribution in [0.3, 0.4) is 0 Å². The topological polar surface area (TPSA) is 57.2 Å². The van der Waals surface area contributed by atoms with E-state index in [9.17, 15) is 4.79 Å². The Kier molecular flexibility index (Phi) is 4.95. The van der Waals surface area contributed by atoms with Crippen molar-refractivity contribution in [2.24, 2.45) is 5.73 Å². The van der Waals surface area contributed by atoms with E-state index < -0.39 is 0 Å². The largest absolute Gasteiger partial charge is 0.497 e. The summed E-state index contributed by atoms with van der Waals surface area (Å²) in [6.07, 6.45) is 5.65. The zero-order valence-corrected chi connectivity index (χ0v) is 12.3. The third kappa shape index (κ3) is 3.83. The molecule has 4 heteroatoms. The van der Waals surface area contributed by atoms with Gasteiger partial charge in [-0.25, -0.2) is 0 Å². The molecule has 4 nitrogen and oxygen atoms in total. The Morgan fingerprint density at radius 2 is 1.95 bits per heavy atom. The van der Waals surface area contributed by atoms with Gasteiger partial charge in [-0.15, -0.1) is 0 Å². The van der Waals surface area contributed by atoms with E-state index in [1.54, 1.807) is 23.9 Å². The lowest BCUT2D eigenvalue weighted by Crippen LogP contribution is -2.26. The zero-order chi connectivity index (χ0) is 15.2. The molecule has 2 N–H and O–H groups in total. The lowest BCUT2D eigenvalue weighted by Gasteiger charge is -2.12. The van der Waals surface area contributed by atoms with Gasteiger partial charge in [0.05, 0.1) is 7.11 Å². The lowest BCUT2D eigenvalue weighted by atomic mass is 10.1. The number of nitrogens with two attached hydrogens (primary N) is 1. The van der Waals surface area contributed by atoms with Gasteiger partial charge in [0.15, 0.2) is 0 Å². The summed E-state index contributed by atoms with van der Waals surface area (Å²) in [6, 6.07) is 11.3. The normalized spacial score (nSPS) is 12.5. The smallest absolute Gasteiger partial charge is 0.251 e. The number of hydrogen-bond donors (Lipinski definition) is 1. The first kappa shape index (κ1) is 15.1. The first-order valence-corrected chi connectivity index (χ1v) is 6.88. The predicted octanol–water partition coefficient (Wildman–Crippen LogP) is 2.55. The summed E-state index contributed by atoms with van der Waals surface area (Å²) in [4.78, 5) is 12.0.